The van der Waals surface area contributed by atoms with Crippen LogP contribution in [0.15, 0.2) is 12.2 Å². The predicted molar refractivity (Wildman–Crippen MR) is 249 cm³/mol. The largest absolute Gasteiger partial charge is 0.394 e. The van der Waals surface area contributed by atoms with Gasteiger partial charge in [-0.1, -0.05) is 193 Å². The Labute approximate surface area is 386 Å². The fourth-order valence-corrected chi connectivity index (χ4v) is 8.70. The topological polar surface area (TPSA) is 228 Å². The third-order valence-corrected chi connectivity index (χ3v) is 13.0. The molecule has 0 spiro atoms. The highest BCUT2D eigenvalue weighted by Gasteiger charge is 2.51. The Morgan fingerprint density at radius 1 is 0.547 bits per heavy atom. The molecule has 0 aromatic rings. The number of allylic oxidation sites excluding steroid dienone is 1. The lowest BCUT2D eigenvalue weighted by molar-refractivity contribution is -0.359. The van der Waals surface area contributed by atoms with E-state index in [1.165, 1.54) is 135 Å². The molecule has 2 aliphatic heterocycles. The van der Waals surface area contributed by atoms with E-state index in [0.29, 0.717) is 6.42 Å². The summed E-state index contributed by atoms with van der Waals surface area (Å²) in [5.74, 6) is -0.251. The van der Waals surface area contributed by atoms with E-state index in [1.807, 2.05) is 6.08 Å². The van der Waals surface area contributed by atoms with Crippen LogP contribution in [0.4, 0.5) is 0 Å². The molecule has 0 bridgehead atoms. The first-order chi connectivity index (χ1) is 31.1. The van der Waals surface area contributed by atoms with E-state index in [9.17, 15) is 45.6 Å². The number of hydrogen-bond donors (Lipinski definition) is 9. The van der Waals surface area contributed by atoms with E-state index in [-0.39, 0.29) is 18.9 Å². The average Bonchev–Trinajstić information content (AvgIpc) is 3.29. The summed E-state index contributed by atoms with van der Waals surface area (Å²) in [5, 5.41) is 86.3. The van der Waals surface area contributed by atoms with E-state index < -0.39 is 86.8 Å². The molecule has 12 unspecified atom stereocenters. The maximum atomic E-state index is 12.9. The molecule has 14 nitrogen and oxygen atoms in total. The van der Waals surface area contributed by atoms with Crippen molar-refractivity contribution in [2.75, 3.05) is 19.8 Å². The highest BCUT2D eigenvalue weighted by Crippen LogP contribution is 2.30. The number of aliphatic hydroxyl groups excluding tert-OH is 8. The summed E-state index contributed by atoms with van der Waals surface area (Å²) in [4.78, 5) is 12.9. The van der Waals surface area contributed by atoms with Crippen molar-refractivity contribution in [3.63, 3.8) is 0 Å². The Hall–Kier alpha value is -1.27. The molecule has 2 aliphatic rings. The van der Waals surface area contributed by atoms with Crippen LogP contribution in [0.1, 0.15) is 206 Å². The van der Waals surface area contributed by atoms with Crippen molar-refractivity contribution >= 4 is 5.91 Å². The van der Waals surface area contributed by atoms with E-state index >= 15 is 0 Å². The molecule has 0 aromatic heterocycles. The van der Waals surface area contributed by atoms with Crippen LogP contribution in [0.25, 0.3) is 0 Å². The third kappa shape index (κ3) is 24.7. The van der Waals surface area contributed by atoms with Crippen LogP contribution in [0.5, 0.6) is 0 Å². The van der Waals surface area contributed by atoms with Gasteiger partial charge in [0.15, 0.2) is 12.6 Å². The molecule has 2 heterocycles. The van der Waals surface area contributed by atoms with Crippen molar-refractivity contribution in [1.29, 1.82) is 0 Å². The van der Waals surface area contributed by atoms with E-state index in [1.54, 1.807) is 6.08 Å². The van der Waals surface area contributed by atoms with Gasteiger partial charge in [0.05, 0.1) is 32.0 Å². The Bertz CT molecular complexity index is 1130. The normalized spacial score (nSPS) is 27.3. The second-order valence-corrected chi connectivity index (χ2v) is 18.7. The SMILES string of the molecule is CCCCCCCCCCCCCCCCCCCCCCCCC/C=C/C(O)C(COC1OC(CO)C(OC2OC(CO)C(O)C(O)C2O)C(O)C1O)NC(=O)CCCCCCC. The van der Waals surface area contributed by atoms with Gasteiger partial charge in [0.25, 0.3) is 0 Å². The fourth-order valence-electron chi connectivity index (χ4n) is 8.70. The van der Waals surface area contributed by atoms with E-state index in [4.69, 9.17) is 18.9 Å². The summed E-state index contributed by atoms with van der Waals surface area (Å²) < 4.78 is 22.6. The summed E-state index contributed by atoms with van der Waals surface area (Å²) in [6, 6.07) is -0.905. The molecule has 12 atom stereocenters. The number of ether oxygens (including phenoxy) is 4. The highest BCUT2D eigenvalue weighted by molar-refractivity contribution is 5.76. The van der Waals surface area contributed by atoms with Crippen LogP contribution in [-0.2, 0) is 23.7 Å². The van der Waals surface area contributed by atoms with Gasteiger partial charge in [-0.3, -0.25) is 4.79 Å². The molecule has 2 rings (SSSR count). The van der Waals surface area contributed by atoms with E-state index in [0.717, 1.165) is 44.9 Å². The quantitative estimate of drug-likeness (QED) is 0.0229. The first-order valence-electron chi connectivity index (χ1n) is 25.9. The zero-order valence-electron chi connectivity index (χ0n) is 40.0. The molecular weight excluding hydrogens is 823 g/mol. The Balaban J connectivity index is 1.69. The number of hydrogen-bond acceptors (Lipinski definition) is 13. The predicted octanol–water partition coefficient (Wildman–Crippen LogP) is 6.77. The minimum atomic E-state index is -1.78. The maximum Gasteiger partial charge on any atom is 0.220 e. The minimum absolute atomic E-state index is 0.251. The highest BCUT2D eigenvalue weighted by atomic mass is 16.7. The summed E-state index contributed by atoms with van der Waals surface area (Å²) in [6.07, 6.45) is 23.3. The minimum Gasteiger partial charge on any atom is -0.394 e. The van der Waals surface area contributed by atoms with Gasteiger partial charge in [-0.15, -0.1) is 0 Å². The summed E-state index contributed by atoms with van der Waals surface area (Å²) >= 11 is 0. The fraction of sp³-hybridized carbons (Fsp3) is 0.940. The first-order valence-corrected chi connectivity index (χ1v) is 25.9. The number of amides is 1. The standard InChI is InChI=1S/C50H95NO13/c1-3-5-7-9-10-11-12-13-14-15-16-17-18-19-20-21-22-23-24-25-26-27-28-30-31-33-39(54)38(51-42(55)34-32-29-8-6-4-2)37-61-49-47(60)45(58)48(41(36-53)63-49)64-50-46(59)44(57)43(56)40(35-52)62-50/h31,33,38-41,43-50,52-54,56-60H,3-30,32,34-37H2,1-2H3,(H,51,55)/b33-31+. The second-order valence-electron chi connectivity index (χ2n) is 18.7. The lowest BCUT2D eigenvalue weighted by Crippen LogP contribution is -2.65. The van der Waals surface area contributed by atoms with Crippen molar-refractivity contribution in [3.8, 4) is 0 Å². The van der Waals surface area contributed by atoms with Crippen LogP contribution >= 0.6 is 0 Å². The molecule has 378 valence electrons. The van der Waals surface area contributed by atoms with Gasteiger partial charge in [-0.2, -0.15) is 0 Å². The third-order valence-electron chi connectivity index (χ3n) is 13.0. The van der Waals surface area contributed by atoms with Crippen molar-refractivity contribution in [3.05, 3.63) is 12.2 Å². The lowest BCUT2D eigenvalue weighted by Gasteiger charge is -2.46. The van der Waals surface area contributed by atoms with Crippen LogP contribution in [0.2, 0.25) is 0 Å². The first kappa shape index (κ1) is 58.9. The number of carbonyl (C=O) groups is 1. The molecule has 14 heteroatoms. The molecule has 2 fully saturated rings. The molecule has 1 amide bonds. The van der Waals surface area contributed by atoms with Gasteiger partial charge in [-0.05, 0) is 19.3 Å². The molecule has 0 radical (unpaired) electrons. The average molecular weight is 918 g/mol. The van der Waals surface area contributed by atoms with Crippen molar-refractivity contribution in [1.82, 2.24) is 5.32 Å². The maximum absolute atomic E-state index is 12.9. The molecule has 0 aromatic carbocycles. The van der Waals surface area contributed by atoms with Crippen LogP contribution in [0, 0.1) is 0 Å². The molecule has 9 N–H and O–H groups in total. The van der Waals surface area contributed by atoms with Crippen molar-refractivity contribution in [2.45, 2.75) is 280 Å². The number of unbranched alkanes of at least 4 members (excludes halogenated alkanes) is 27. The monoisotopic (exact) mass is 918 g/mol. The van der Waals surface area contributed by atoms with Gasteiger partial charge >= 0.3 is 0 Å². The zero-order valence-corrected chi connectivity index (χ0v) is 40.0. The number of carbonyl (C=O) groups excluding carboxylic acids is 1. The van der Waals surface area contributed by atoms with Gasteiger partial charge in [0.2, 0.25) is 5.91 Å². The zero-order chi connectivity index (χ0) is 46.8. The Kier molecular flexibility index (Phi) is 34.7. The van der Waals surface area contributed by atoms with Crippen LogP contribution < -0.4 is 5.32 Å². The van der Waals surface area contributed by atoms with E-state index in [2.05, 4.69) is 19.2 Å². The summed E-state index contributed by atoms with van der Waals surface area (Å²) in [6.45, 7) is 2.69. The second kappa shape index (κ2) is 37.7. The van der Waals surface area contributed by atoms with Gasteiger partial charge in [0, 0.05) is 6.42 Å². The van der Waals surface area contributed by atoms with Crippen molar-refractivity contribution < 1.29 is 64.6 Å². The number of aliphatic hydroxyl groups is 8. The summed E-state index contributed by atoms with van der Waals surface area (Å²) in [7, 11) is 0. The molecule has 2 saturated heterocycles. The molecule has 0 aliphatic carbocycles. The number of rotatable bonds is 40. The lowest BCUT2D eigenvalue weighted by atomic mass is 9.97. The molecule has 0 saturated carbocycles. The van der Waals surface area contributed by atoms with Crippen LogP contribution in [0.3, 0.4) is 0 Å². The van der Waals surface area contributed by atoms with Crippen LogP contribution in [-0.4, -0.2) is 140 Å². The Morgan fingerprint density at radius 2 is 0.969 bits per heavy atom. The van der Waals surface area contributed by atoms with Gasteiger partial charge in [0.1, 0.15) is 48.8 Å². The van der Waals surface area contributed by atoms with Gasteiger partial charge in [-0.25, -0.2) is 0 Å². The number of nitrogens with one attached hydrogen (secondary N) is 1. The molecule has 64 heavy (non-hydrogen) atoms. The smallest absolute Gasteiger partial charge is 0.220 e. The Morgan fingerprint density at radius 3 is 1.44 bits per heavy atom. The van der Waals surface area contributed by atoms with Gasteiger partial charge < -0.3 is 65.1 Å². The molecular formula is C50H95NO13. The summed E-state index contributed by atoms with van der Waals surface area (Å²) in [5.41, 5.74) is 0. The van der Waals surface area contributed by atoms with Crippen molar-refractivity contribution in [2.24, 2.45) is 0 Å².